The minimum atomic E-state index is 0.0398. The summed E-state index contributed by atoms with van der Waals surface area (Å²) >= 11 is 6.09. The number of nitrogens with one attached hydrogen (secondary N) is 1. The summed E-state index contributed by atoms with van der Waals surface area (Å²) in [5.41, 5.74) is 1.19. The lowest BCUT2D eigenvalue weighted by molar-refractivity contribution is 0.234. The van der Waals surface area contributed by atoms with Gasteiger partial charge in [0.25, 0.3) is 0 Å². The minimum absolute atomic E-state index is 0.0398. The molecule has 2 rings (SSSR count). The van der Waals surface area contributed by atoms with Crippen molar-refractivity contribution in [1.82, 2.24) is 5.32 Å². The zero-order chi connectivity index (χ0) is 15.5. The fourth-order valence-corrected chi connectivity index (χ4v) is 2.33. The molecule has 0 aromatic heterocycles. The van der Waals surface area contributed by atoms with Crippen LogP contribution in [0.25, 0.3) is 0 Å². The fraction of sp³-hybridized carbons (Fsp3) is 0.588. The molecule has 1 aliphatic carbocycles. The van der Waals surface area contributed by atoms with Gasteiger partial charge in [-0.1, -0.05) is 11.6 Å². The van der Waals surface area contributed by atoms with Gasteiger partial charge in [-0.2, -0.15) is 5.26 Å². The van der Waals surface area contributed by atoms with Gasteiger partial charge in [-0.15, -0.1) is 0 Å². The minimum Gasteiger partial charge on any atom is -0.493 e. The van der Waals surface area contributed by atoms with Crippen LogP contribution in [0.2, 0.25) is 5.02 Å². The molecule has 1 aromatic carbocycles. The lowest BCUT2D eigenvalue weighted by Gasteiger charge is -2.22. The molecule has 3 nitrogen and oxygen atoms in total. The topological polar surface area (TPSA) is 45.0 Å². The van der Waals surface area contributed by atoms with Crippen molar-refractivity contribution in [3.63, 3.8) is 0 Å². The highest BCUT2D eigenvalue weighted by Gasteiger charge is 2.43. The van der Waals surface area contributed by atoms with Crippen LogP contribution in [0.15, 0.2) is 18.2 Å². The van der Waals surface area contributed by atoms with Gasteiger partial charge in [0, 0.05) is 34.5 Å². The molecule has 0 amide bonds. The van der Waals surface area contributed by atoms with Gasteiger partial charge in [-0.3, -0.25) is 0 Å². The van der Waals surface area contributed by atoms with E-state index < -0.39 is 0 Å². The Bertz CT molecular complexity index is 539. The zero-order valence-electron chi connectivity index (χ0n) is 13.0. The van der Waals surface area contributed by atoms with Crippen LogP contribution in [0, 0.1) is 16.7 Å². The van der Waals surface area contributed by atoms with E-state index in [1.54, 1.807) is 0 Å². The Kier molecular flexibility index (Phi) is 4.81. The molecule has 0 unspecified atom stereocenters. The monoisotopic (exact) mass is 306 g/mol. The van der Waals surface area contributed by atoms with Crippen molar-refractivity contribution in [3.8, 4) is 11.8 Å². The molecule has 0 radical (unpaired) electrons. The predicted octanol–water partition coefficient (Wildman–Crippen LogP) is 4.30. The number of nitrogens with zero attached hydrogens (tertiary/aromatic N) is 1. The van der Waals surface area contributed by atoms with Crippen molar-refractivity contribution < 1.29 is 4.74 Å². The van der Waals surface area contributed by atoms with Crippen LogP contribution in [-0.4, -0.2) is 12.1 Å². The highest BCUT2D eigenvalue weighted by atomic mass is 35.5. The highest BCUT2D eigenvalue weighted by Crippen LogP contribution is 2.48. The van der Waals surface area contributed by atoms with E-state index in [2.05, 4.69) is 32.2 Å². The lowest BCUT2D eigenvalue weighted by Crippen LogP contribution is -2.35. The van der Waals surface area contributed by atoms with Crippen molar-refractivity contribution in [1.29, 1.82) is 5.26 Å². The van der Waals surface area contributed by atoms with Crippen molar-refractivity contribution in [2.75, 3.05) is 6.61 Å². The zero-order valence-corrected chi connectivity index (χ0v) is 13.8. The van der Waals surface area contributed by atoms with Gasteiger partial charge >= 0.3 is 0 Å². The van der Waals surface area contributed by atoms with E-state index in [9.17, 15) is 0 Å². The smallest absolute Gasteiger partial charge is 0.123 e. The molecule has 21 heavy (non-hydrogen) atoms. The quantitative estimate of drug-likeness (QED) is 0.852. The third kappa shape index (κ3) is 4.91. The number of hydrogen-bond acceptors (Lipinski definition) is 3. The van der Waals surface area contributed by atoms with Crippen LogP contribution < -0.4 is 10.1 Å². The maximum atomic E-state index is 8.87. The lowest BCUT2D eigenvalue weighted by atomic mass is 10.1. The average molecular weight is 307 g/mol. The SMILES string of the molecule is CC(C)(C)NCc1cc(Cl)ccc1OCC1(CC#N)CC1. The van der Waals surface area contributed by atoms with Gasteiger partial charge in [0.2, 0.25) is 0 Å². The van der Waals surface area contributed by atoms with E-state index in [0.29, 0.717) is 24.6 Å². The Balaban J connectivity index is 2.03. The predicted molar refractivity (Wildman–Crippen MR) is 85.4 cm³/mol. The van der Waals surface area contributed by atoms with Crippen molar-refractivity contribution in [3.05, 3.63) is 28.8 Å². The molecule has 1 fully saturated rings. The van der Waals surface area contributed by atoms with E-state index in [4.69, 9.17) is 21.6 Å². The Morgan fingerprint density at radius 1 is 1.38 bits per heavy atom. The van der Waals surface area contributed by atoms with Gasteiger partial charge in [0.1, 0.15) is 5.75 Å². The molecule has 1 aliphatic rings. The van der Waals surface area contributed by atoms with Crippen molar-refractivity contribution in [2.24, 2.45) is 5.41 Å². The first kappa shape index (κ1) is 16.1. The van der Waals surface area contributed by atoms with E-state index >= 15 is 0 Å². The standard InChI is InChI=1S/C17H23ClN2O/c1-16(2,3)20-11-13-10-14(18)4-5-15(13)21-12-17(6-7-17)8-9-19/h4-5,10,20H,6-8,11-12H2,1-3H3. The maximum Gasteiger partial charge on any atom is 0.123 e. The second-order valence-corrected chi connectivity index (χ2v) is 7.42. The number of nitriles is 1. The molecule has 1 saturated carbocycles. The molecule has 0 saturated heterocycles. The van der Waals surface area contributed by atoms with Crippen LogP contribution >= 0.6 is 11.6 Å². The normalized spacial score (nSPS) is 16.3. The van der Waals surface area contributed by atoms with E-state index in [1.165, 1.54) is 0 Å². The van der Waals surface area contributed by atoms with Crippen LogP contribution in [0.4, 0.5) is 0 Å². The summed E-state index contributed by atoms with van der Waals surface area (Å²) in [6.45, 7) is 7.72. The van der Waals surface area contributed by atoms with E-state index in [-0.39, 0.29) is 11.0 Å². The summed E-state index contributed by atoms with van der Waals surface area (Å²) in [7, 11) is 0. The van der Waals surface area contributed by atoms with Crippen molar-refractivity contribution >= 4 is 11.6 Å². The summed E-state index contributed by atoms with van der Waals surface area (Å²) in [4.78, 5) is 0. The molecule has 0 atom stereocenters. The molecule has 0 bridgehead atoms. The largest absolute Gasteiger partial charge is 0.493 e. The van der Waals surface area contributed by atoms with Crippen LogP contribution in [0.5, 0.6) is 5.75 Å². The molecular weight excluding hydrogens is 284 g/mol. The van der Waals surface area contributed by atoms with Gasteiger partial charge in [-0.05, 0) is 51.8 Å². The van der Waals surface area contributed by atoms with Crippen molar-refractivity contribution in [2.45, 2.75) is 52.1 Å². The van der Waals surface area contributed by atoms with E-state index in [1.807, 2.05) is 18.2 Å². The van der Waals surface area contributed by atoms with Gasteiger partial charge in [0.15, 0.2) is 0 Å². The Morgan fingerprint density at radius 3 is 2.67 bits per heavy atom. The average Bonchev–Trinajstić information content (AvgIpc) is 3.15. The third-order valence-electron chi connectivity index (χ3n) is 3.78. The summed E-state index contributed by atoms with van der Waals surface area (Å²) < 4.78 is 5.99. The second-order valence-electron chi connectivity index (χ2n) is 6.98. The summed E-state index contributed by atoms with van der Waals surface area (Å²) in [6, 6.07) is 7.98. The Morgan fingerprint density at radius 2 is 2.10 bits per heavy atom. The number of halogens is 1. The first-order valence-corrected chi connectivity index (χ1v) is 7.75. The van der Waals surface area contributed by atoms with E-state index in [0.717, 1.165) is 24.2 Å². The van der Waals surface area contributed by atoms with Crippen LogP contribution in [0.1, 0.15) is 45.6 Å². The summed E-state index contributed by atoms with van der Waals surface area (Å²) in [6.07, 6.45) is 2.75. The number of benzene rings is 1. The molecule has 1 aromatic rings. The highest BCUT2D eigenvalue weighted by molar-refractivity contribution is 6.30. The number of ether oxygens (including phenoxy) is 1. The Hall–Kier alpha value is -1.24. The maximum absolute atomic E-state index is 8.87. The van der Waals surface area contributed by atoms with Gasteiger partial charge in [0.05, 0.1) is 12.7 Å². The molecule has 0 spiro atoms. The van der Waals surface area contributed by atoms with Crippen LogP contribution in [0.3, 0.4) is 0 Å². The molecule has 4 heteroatoms. The number of hydrogen-bond donors (Lipinski definition) is 1. The molecule has 0 aliphatic heterocycles. The van der Waals surface area contributed by atoms with Crippen LogP contribution in [-0.2, 0) is 6.54 Å². The second kappa shape index (κ2) is 6.25. The fourth-order valence-electron chi connectivity index (χ4n) is 2.13. The molecule has 114 valence electrons. The summed E-state index contributed by atoms with van der Waals surface area (Å²) in [5, 5.41) is 13.0. The first-order chi connectivity index (χ1) is 9.84. The summed E-state index contributed by atoms with van der Waals surface area (Å²) in [5.74, 6) is 0.861. The van der Waals surface area contributed by atoms with Gasteiger partial charge < -0.3 is 10.1 Å². The Labute approximate surface area is 132 Å². The molecule has 1 N–H and O–H groups in total. The third-order valence-corrected chi connectivity index (χ3v) is 4.01. The number of rotatable bonds is 6. The van der Waals surface area contributed by atoms with Gasteiger partial charge in [-0.25, -0.2) is 0 Å². The molecular formula is C17H23ClN2O. The first-order valence-electron chi connectivity index (χ1n) is 7.37. The molecule has 0 heterocycles.